The number of likely N-dealkylation sites (tertiary alicyclic amines) is 1. The van der Waals surface area contributed by atoms with E-state index in [9.17, 15) is 10.1 Å². The Hall–Kier alpha value is -1.74. The van der Waals surface area contributed by atoms with Gasteiger partial charge in [0, 0.05) is 39.9 Å². The van der Waals surface area contributed by atoms with Gasteiger partial charge >= 0.3 is 0 Å². The first-order valence-corrected chi connectivity index (χ1v) is 6.61. The number of nitro benzene ring substituents is 1. The highest BCUT2D eigenvalue weighted by molar-refractivity contribution is 5.62. The smallest absolute Gasteiger partial charge is 0.293 e. The number of nitrogens with two attached hydrogens (primary N) is 1. The fourth-order valence-corrected chi connectivity index (χ4v) is 2.61. The van der Waals surface area contributed by atoms with Gasteiger partial charge in [0.1, 0.15) is 5.69 Å². The average Bonchev–Trinajstić information content (AvgIpc) is 2.88. The minimum atomic E-state index is -0.462. The third kappa shape index (κ3) is 3.48. The molecule has 1 aromatic carbocycles. The summed E-state index contributed by atoms with van der Waals surface area (Å²) in [5, 5.41) is 10.9. The van der Waals surface area contributed by atoms with Gasteiger partial charge in [-0.15, -0.1) is 0 Å². The van der Waals surface area contributed by atoms with Gasteiger partial charge < -0.3 is 14.9 Å². The van der Waals surface area contributed by atoms with Crippen LogP contribution in [-0.4, -0.2) is 49.3 Å². The molecule has 0 saturated carbocycles. The molecule has 1 aliphatic rings. The first-order chi connectivity index (χ1) is 10.1. The molecule has 1 heterocycles. The maximum absolute atomic E-state index is 10.9. The van der Waals surface area contributed by atoms with Crippen LogP contribution in [0.2, 0.25) is 0 Å². The minimum Gasteiger partial charge on any atom is -0.377 e. The van der Waals surface area contributed by atoms with Gasteiger partial charge in [-0.1, -0.05) is 6.07 Å². The number of methoxy groups -OCH3 is 2. The number of rotatable bonds is 6. The highest BCUT2D eigenvalue weighted by Gasteiger charge is 2.32. The summed E-state index contributed by atoms with van der Waals surface area (Å²) < 4.78 is 10.8. The number of hydrogen-bond donors (Lipinski definition) is 2. The number of benzene rings is 1. The largest absolute Gasteiger partial charge is 0.377 e. The number of hydrazine groups is 1. The van der Waals surface area contributed by atoms with E-state index < -0.39 is 4.92 Å². The zero-order chi connectivity index (χ0) is 15.4. The van der Waals surface area contributed by atoms with E-state index in [0.717, 1.165) is 18.7 Å². The summed E-state index contributed by atoms with van der Waals surface area (Å²) in [5.41, 5.74) is 3.59. The van der Waals surface area contributed by atoms with E-state index in [1.807, 2.05) is 0 Å². The second kappa shape index (κ2) is 6.81. The molecule has 3 N–H and O–H groups in total. The molecule has 2 rings (SSSR count). The van der Waals surface area contributed by atoms with E-state index in [1.54, 1.807) is 26.4 Å². The number of nitrogens with zero attached hydrogens (tertiary/aromatic N) is 2. The lowest BCUT2D eigenvalue weighted by molar-refractivity contribution is -0.384. The summed E-state index contributed by atoms with van der Waals surface area (Å²) >= 11 is 0. The molecule has 0 amide bonds. The Kier molecular flexibility index (Phi) is 5.07. The van der Waals surface area contributed by atoms with Gasteiger partial charge in [0.05, 0.1) is 17.1 Å². The second-order valence-corrected chi connectivity index (χ2v) is 5.00. The Labute approximate surface area is 122 Å². The lowest BCUT2D eigenvalue weighted by Crippen LogP contribution is -2.27. The van der Waals surface area contributed by atoms with E-state index in [1.165, 1.54) is 6.07 Å². The topological polar surface area (TPSA) is 103 Å². The molecule has 0 aliphatic carbocycles. The predicted octanol–water partition coefficient (Wildman–Crippen LogP) is 0.726. The van der Waals surface area contributed by atoms with Crippen LogP contribution < -0.4 is 11.3 Å². The van der Waals surface area contributed by atoms with Crippen LogP contribution in [0.15, 0.2) is 18.2 Å². The normalized spacial score (nSPS) is 22.4. The first kappa shape index (κ1) is 15.6. The summed E-state index contributed by atoms with van der Waals surface area (Å²) in [6.07, 6.45) is 0.0836. The molecular formula is C13H20N4O4. The van der Waals surface area contributed by atoms with E-state index in [-0.39, 0.29) is 17.9 Å². The second-order valence-electron chi connectivity index (χ2n) is 5.00. The van der Waals surface area contributed by atoms with Gasteiger partial charge in [-0.05, 0) is 11.6 Å². The van der Waals surface area contributed by atoms with Crippen molar-refractivity contribution in [2.24, 2.45) is 5.84 Å². The molecule has 0 bridgehead atoms. The monoisotopic (exact) mass is 296 g/mol. The Balaban J connectivity index is 2.08. The third-order valence-electron chi connectivity index (χ3n) is 3.72. The molecule has 8 nitrogen and oxygen atoms in total. The van der Waals surface area contributed by atoms with Crippen molar-refractivity contribution in [2.45, 2.75) is 18.8 Å². The van der Waals surface area contributed by atoms with Gasteiger partial charge in [0.15, 0.2) is 0 Å². The number of hydrogen-bond acceptors (Lipinski definition) is 7. The summed E-state index contributed by atoms with van der Waals surface area (Å²) in [6, 6.07) is 4.89. The molecule has 1 aliphatic heterocycles. The van der Waals surface area contributed by atoms with Crippen molar-refractivity contribution in [3.8, 4) is 0 Å². The van der Waals surface area contributed by atoms with Gasteiger partial charge in [0.25, 0.3) is 5.69 Å². The summed E-state index contributed by atoms with van der Waals surface area (Å²) in [6.45, 7) is 2.18. The van der Waals surface area contributed by atoms with Crippen LogP contribution in [0.1, 0.15) is 5.56 Å². The number of ether oxygens (including phenoxy) is 2. The number of nitro groups is 1. The number of nitrogens with one attached hydrogen (secondary N) is 1. The quantitative estimate of drug-likeness (QED) is 0.453. The number of anilines is 1. The highest BCUT2D eigenvalue weighted by atomic mass is 16.6. The SMILES string of the molecule is COC1CN(Cc2ccc([N+](=O)[O-])c(NN)c2)CC1OC. The molecule has 0 spiro atoms. The molecule has 0 aromatic heterocycles. The molecule has 1 aromatic rings. The van der Waals surface area contributed by atoms with Crippen LogP contribution in [0.3, 0.4) is 0 Å². The summed E-state index contributed by atoms with van der Waals surface area (Å²) in [4.78, 5) is 12.6. The number of nitrogen functional groups attached to an aromatic ring is 1. The first-order valence-electron chi connectivity index (χ1n) is 6.61. The standard InChI is InChI=1S/C13H20N4O4/c1-20-12-7-16(8-13(12)21-2)6-9-3-4-11(17(18)19)10(5-9)15-14/h3-5,12-13,15H,6-8,14H2,1-2H3. The maximum atomic E-state index is 10.9. The molecule has 8 heteroatoms. The Bertz CT molecular complexity index is 499. The molecule has 116 valence electrons. The van der Waals surface area contributed by atoms with Crippen molar-refractivity contribution >= 4 is 11.4 Å². The molecule has 1 fully saturated rings. The molecule has 21 heavy (non-hydrogen) atoms. The van der Waals surface area contributed by atoms with Gasteiger partial charge in [-0.3, -0.25) is 20.9 Å². The summed E-state index contributed by atoms with van der Waals surface area (Å²) in [7, 11) is 3.34. The van der Waals surface area contributed by atoms with Crippen LogP contribution in [0.5, 0.6) is 0 Å². The highest BCUT2D eigenvalue weighted by Crippen LogP contribution is 2.26. The van der Waals surface area contributed by atoms with Gasteiger partial charge in [-0.2, -0.15) is 0 Å². The molecule has 2 atom stereocenters. The van der Waals surface area contributed by atoms with E-state index >= 15 is 0 Å². The average molecular weight is 296 g/mol. The zero-order valence-corrected chi connectivity index (χ0v) is 12.1. The van der Waals surface area contributed by atoms with E-state index in [2.05, 4.69) is 10.3 Å². The fourth-order valence-electron chi connectivity index (χ4n) is 2.61. The molecule has 1 saturated heterocycles. The van der Waals surface area contributed by atoms with Crippen LogP contribution in [-0.2, 0) is 16.0 Å². The Morgan fingerprint density at radius 3 is 2.48 bits per heavy atom. The van der Waals surface area contributed by atoms with Crippen LogP contribution in [0.4, 0.5) is 11.4 Å². The van der Waals surface area contributed by atoms with Gasteiger partial charge in [0.2, 0.25) is 0 Å². The summed E-state index contributed by atoms with van der Waals surface area (Å²) in [5.74, 6) is 5.34. The Morgan fingerprint density at radius 2 is 2.00 bits per heavy atom. The molecular weight excluding hydrogens is 276 g/mol. The van der Waals surface area contributed by atoms with E-state index in [4.69, 9.17) is 15.3 Å². The third-order valence-corrected chi connectivity index (χ3v) is 3.72. The lowest BCUT2D eigenvalue weighted by atomic mass is 10.1. The van der Waals surface area contributed by atoms with Gasteiger partial charge in [-0.25, -0.2) is 0 Å². The lowest BCUT2D eigenvalue weighted by Gasteiger charge is -2.15. The zero-order valence-electron chi connectivity index (χ0n) is 12.1. The van der Waals surface area contributed by atoms with Crippen molar-refractivity contribution in [1.82, 2.24) is 4.90 Å². The van der Waals surface area contributed by atoms with Crippen LogP contribution >= 0.6 is 0 Å². The molecule has 2 unspecified atom stereocenters. The molecule has 0 radical (unpaired) electrons. The van der Waals surface area contributed by atoms with Crippen molar-refractivity contribution in [1.29, 1.82) is 0 Å². The van der Waals surface area contributed by atoms with E-state index in [0.29, 0.717) is 12.2 Å². The fraction of sp³-hybridized carbons (Fsp3) is 0.538. The van der Waals surface area contributed by atoms with Crippen molar-refractivity contribution in [2.75, 3.05) is 32.7 Å². The Morgan fingerprint density at radius 1 is 1.38 bits per heavy atom. The maximum Gasteiger partial charge on any atom is 0.293 e. The minimum absolute atomic E-state index is 0.0350. The van der Waals surface area contributed by atoms with Crippen molar-refractivity contribution in [3.05, 3.63) is 33.9 Å². The van der Waals surface area contributed by atoms with Crippen molar-refractivity contribution in [3.63, 3.8) is 0 Å². The van der Waals surface area contributed by atoms with Crippen molar-refractivity contribution < 1.29 is 14.4 Å². The van der Waals surface area contributed by atoms with Crippen LogP contribution in [0, 0.1) is 10.1 Å². The predicted molar refractivity (Wildman–Crippen MR) is 77.8 cm³/mol. The van der Waals surface area contributed by atoms with Crippen LogP contribution in [0.25, 0.3) is 0 Å².